The molecule has 1 atom stereocenters. The molecule has 6 heteroatoms. The molecule has 4 nitrogen and oxygen atoms in total. The van der Waals surface area contributed by atoms with Crippen LogP contribution in [-0.2, 0) is 9.53 Å². The van der Waals surface area contributed by atoms with E-state index in [-0.39, 0.29) is 17.3 Å². The highest BCUT2D eigenvalue weighted by Gasteiger charge is 2.22. The number of hydrogen-bond donors (Lipinski definition) is 1. The zero-order valence-corrected chi connectivity index (χ0v) is 12.3. The summed E-state index contributed by atoms with van der Waals surface area (Å²) in [5.41, 5.74) is 5.83. The Labute approximate surface area is 123 Å². The van der Waals surface area contributed by atoms with Crippen LogP contribution in [0.3, 0.4) is 0 Å². The van der Waals surface area contributed by atoms with E-state index in [1.165, 1.54) is 12.1 Å². The van der Waals surface area contributed by atoms with E-state index in [2.05, 4.69) is 0 Å². The van der Waals surface area contributed by atoms with Crippen LogP contribution in [0.25, 0.3) is 0 Å². The van der Waals surface area contributed by atoms with Crippen LogP contribution in [0.2, 0.25) is 0 Å². The Balaban J connectivity index is 2.88. The lowest BCUT2D eigenvalue weighted by Gasteiger charge is -2.17. The molecule has 0 aliphatic rings. The lowest BCUT2D eigenvalue weighted by Crippen LogP contribution is -2.29. The first-order valence-electron chi connectivity index (χ1n) is 6.42. The van der Waals surface area contributed by atoms with E-state index < -0.39 is 17.9 Å². The van der Waals surface area contributed by atoms with Crippen molar-refractivity contribution in [3.8, 4) is 5.75 Å². The Kier molecular flexibility index (Phi) is 6.38. The second-order valence-corrected chi connectivity index (χ2v) is 4.60. The molecule has 0 saturated heterocycles. The van der Waals surface area contributed by atoms with Gasteiger partial charge in [-0.05, 0) is 31.5 Å². The van der Waals surface area contributed by atoms with Gasteiger partial charge in [-0.3, -0.25) is 0 Å². The topological polar surface area (TPSA) is 61.5 Å². The zero-order valence-electron chi connectivity index (χ0n) is 11.5. The average Bonchev–Trinajstić information content (AvgIpc) is 2.40. The lowest BCUT2D eigenvalue weighted by atomic mass is 10.2. The highest BCUT2D eigenvalue weighted by molar-refractivity contribution is 7.80. The van der Waals surface area contributed by atoms with Gasteiger partial charge in [-0.25, -0.2) is 9.18 Å². The molecule has 0 spiro atoms. The SMILES string of the molecule is CCCC(Oc1ccc(C(N)=S)cc1F)C(=O)OCC. The molecule has 0 heterocycles. The molecule has 1 aromatic carbocycles. The Bertz CT molecular complexity index is 493. The predicted octanol–water partition coefficient (Wildman–Crippen LogP) is 2.57. The fraction of sp³-hybridized carbons (Fsp3) is 0.429. The number of rotatable bonds is 7. The molecule has 0 aliphatic heterocycles. The fourth-order valence-electron chi connectivity index (χ4n) is 1.63. The first-order chi connectivity index (χ1) is 9.49. The summed E-state index contributed by atoms with van der Waals surface area (Å²) in [6, 6.07) is 4.15. The molecule has 1 rings (SSSR count). The number of carbonyl (C=O) groups excluding carboxylic acids is 1. The molecule has 0 aromatic heterocycles. The van der Waals surface area contributed by atoms with Crippen molar-refractivity contribution >= 4 is 23.2 Å². The molecule has 1 aromatic rings. The first kappa shape index (κ1) is 16.4. The van der Waals surface area contributed by atoms with E-state index >= 15 is 0 Å². The predicted molar refractivity (Wildman–Crippen MR) is 78.2 cm³/mol. The van der Waals surface area contributed by atoms with Crippen molar-refractivity contribution in [1.29, 1.82) is 0 Å². The lowest BCUT2D eigenvalue weighted by molar-refractivity contribution is -0.151. The molecule has 2 N–H and O–H groups in total. The van der Waals surface area contributed by atoms with Crippen molar-refractivity contribution in [2.45, 2.75) is 32.8 Å². The molecule has 110 valence electrons. The zero-order chi connectivity index (χ0) is 15.1. The van der Waals surface area contributed by atoms with E-state index in [4.69, 9.17) is 27.4 Å². The molecule has 0 amide bonds. The number of hydrogen-bond acceptors (Lipinski definition) is 4. The minimum absolute atomic E-state index is 0.0171. The highest BCUT2D eigenvalue weighted by Crippen LogP contribution is 2.21. The normalized spacial score (nSPS) is 11.8. The number of halogens is 1. The molecule has 0 radical (unpaired) electrons. The van der Waals surface area contributed by atoms with Gasteiger partial charge in [0.1, 0.15) is 4.99 Å². The van der Waals surface area contributed by atoms with Gasteiger partial charge in [-0.1, -0.05) is 25.6 Å². The Morgan fingerprint density at radius 2 is 2.15 bits per heavy atom. The summed E-state index contributed by atoms with van der Waals surface area (Å²) >= 11 is 4.77. The van der Waals surface area contributed by atoms with Gasteiger partial charge in [0.2, 0.25) is 0 Å². The summed E-state index contributed by atoms with van der Waals surface area (Å²) < 4.78 is 24.2. The van der Waals surface area contributed by atoms with Crippen molar-refractivity contribution < 1.29 is 18.7 Å². The maximum atomic E-state index is 13.9. The minimum Gasteiger partial charge on any atom is -0.476 e. The summed E-state index contributed by atoms with van der Waals surface area (Å²) in [5, 5.41) is 0. The summed E-state index contributed by atoms with van der Waals surface area (Å²) in [4.78, 5) is 11.8. The molecular weight excluding hydrogens is 281 g/mol. The number of thiocarbonyl (C=S) groups is 1. The van der Waals surface area contributed by atoms with Crippen molar-refractivity contribution in [1.82, 2.24) is 0 Å². The standard InChI is InChI=1S/C14H18FNO3S/c1-3-5-12(14(17)18-4-2)19-11-7-6-9(13(16)20)8-10(11)15/h6-8,12H,3-5H2,1-2H3,(H2,16,20). The molecule has 0 bridgehead atoms. The quantitative estimate of drug-likeness (QED) is 0.619. The van der Waals surface area contributed by atoms with Crippen LogP contribution in [0.4, 0.5) is 4.39 Å². The van der Waals surface area contributed by atoms with Crippen LogP contribution in [0.1, 0.15) is 32.3 Å². The summed E-state index contributed by atoms with van der Waals surface area (Å²) in [6.45, 7) is 3.87. The Morgan fingerprint density at radius 1 is 1.45 bits per heavy atom. The number of carbonyl (C=O) groups is 1. The van der Waals surface area contributed by atoms with E-state index in [1.54, 1.807) is 13.0 Å². The third kappa shape index (κ3) is 4.45. The van der Waals surface area contributed by atoms with Gasteiger partial charge in [-0.15, -0.1) is 0 Å². The molecule has 0 aliphatic carbocycles. The van der Waals surface area contributed by atoms with Gasteiger partial charge in [0.25, 0.3) is 0 Å². The molecular formula is C14H18FNO3S. The summed E-state index contributed by atoms with van der Waals surface area (Å²) in [7, 11) is 0. The Morgan fingerprint density at radius 3 is 2.65 bits per heavy atom. The van der Waals surface area contributed by atoms with Gasteiger partial charge in [-0.2, -0.15) is 0 Å². The largest absolute Gasteiger partial charge is 0.476 e. The van der Waals surface area contributed by atoms with Crippen LogP contribution in [0, 0.1) is 5.82 Å². The van der Waals surface area contributed by atoms with E-state index in [0.29, 0.717) is 12.0 Å². The smallest absolute Gasteiger partial charge is 0.347 e. The Hall–Kier alpha value is -1.69. The van der Waals surface area contributed by atoms with Gasteiger partial charge < -0.3 is 15.2 Å². The van der Waals surface area contributed by atoms with Crippen molar-refractivity contribution in [3.05, 3.63) is 29.6 Å². The van der Waals surface area contributed by atoms with Crippen LogP contribution >= 0.6 is 12.2 Å². The van der Waals surface area contributed by atoms with Crippen molar-refractivity contribution in [3.63, 3.8) is 0 Å². The number of ether oxygens (including phenoxy) is 2. The van der Waals surface area contributed by atoms with Crippen LogP contribution < -0.4 is 10.5 Å². The van der Waals surface area contributed by atoms with E-state index in [1.807, 2.05) is 6.92 Å². The monoisotopic (exact) mass is 299 g/mol. The molecule has 0 saturated carbocycles. The first-order valence-corrected chi connectivity index (χ1v) is 6.83. The van der Waals surface area contributed by atoms with Crippen molar-refractivity contribution in [2.75, 3.05) is 6.61 Å². The van der Waals surface area contributed by atoms with Gasteiger partial charge >= 0.3 is 5.97 Å². The number of benzene rings is 1. The maximum Gasteiger partial charge on any atom is 0.347 e. The highest BCUT2D eigenvalue weighted by atomic mass is 32.1. The minimum atomic E-state index is -0.815. The van der Waals surface area contributed by atoms with Gasteiger partial charge in [0.15, 0.2) is 17.7 Å². The van der Waals surface area contributed by atoms with E-state index in [0.717, 1.165) is 6.42 Å². The van der Waals surface area contributed by atoms with Crippen LogP contribution in [-0.4, -0.2) is 23.7 Å². The maximum absolute atomic E-state index is 13.9. The summed E-state index contributed by atoms with van der Waals surface area (Å²) in [5.74, 6) is -1.12. The summed E-state index contributed by atoms with van der Waals surface area (Å²) in [6.07, 6.45) is 0.357. The third-order valence-corrected chi connectivity index (χ3v) is 2.82. The second-order valence-electron chi connectivity index (χ2n) is 4.16. The molecule has 20 heavy (non-hydrogen) atoms. The molecule has 0 fully saturated rings. The van der Waals surface area contributed by atoms with Crippen molar-refractivity contribution in [2.24, 2.45) is 5.73 Å². The third-order valence-electron chi connectivity index (χ3n) is 2.59. The molecule has 1 unspecified atom stereocenters. The van der Waals surface area contributed by atoms with Gasteiger partial charge in [0, 0.05) is 5.56 Å². The number of nitrogens with two attached hydrogens (primary N) is 1. The fourth-order valence-corrected chi connectivity index (χ4v) is 1.75. The van der Waals surface area contributed by atoms with Crippen LogP contribution in [0.15, 0.2) is 18.2 Å². The number of esters is 1. The average molecular weight is 299 g/mol. The van der Waals surface area contributed by atoms with E-state index in [9.17, 15) is 9.18 Å². The van der Waals surface area contributed by atoms with Crippen LogP contribution in [0.5, 0.6) is 5.75 Å². The van der Waals surface area contributed by atoms with Gasteiger partial charge in [0.05, 0.1) is 6.61 Å². The second kappa shape index (κ2) is 7.79.